The molecule has 0 spiro atoms. The van der Waals surface area contributed by atoms with Gasteiger partial charge in [0.25, 0.3) is 0 Å². The van der Waals surface area contributed by atoms with Crippen LogP contribution in [-0.4, -0.2) is 42.4 Å². The largest absolute Gasteiger partial charge is 0.481 e. The van der Waals surface area contributed by atoms with Crippen molar-refractivity contribution in [2.45, 2.75) is 19.4 Å². The number of carbonyl (C=O) groups is 1. The Kier molecular flexibility index (Phi) is 5.13. The van der Waals surface area contributed by atoms with E-state index in [2.05, 4.69) is 25.6 Å². The van der Waals surface area contributed by atoms with Gasteiger partial charge in [0, 0.05) is 18.3 Å². The number of aromatic nitrogens is 5. The molecule has 0 radical (unpaired) electrons. The monoisotopic (exact) mass is 447 g/mol. The van der Waals surface area contributed by atoms with Crippen LogP contribution in [0.4, 0.5) is 22.1 Å². The number of carboxylic acid groups (broad SMARTS) is 1. The third kappa shape index (κ3) is 4.20. The molecule has 3 aromatic heterocycles. The van der Waals surface area contributed by atoms with Gasteiger partial charge in [-0.2, -0.15) is 4.98 Å². The van der Waals surface area contributed by atoms with Gasteiger partial charge in [-0.25, -0.2) is 24.1 Å². The fraction of sp³-hybridized carbons (Fsp3) is 0.227. The molecule has 0 unspecified atom stereocenters. The molecule has 3 heterocycles. The van der Waals surface area contributed by atoms with E-state index in [1.54, 1.807) is 60.5 Å². The number of hydrogen-bond acceptors (Lipinski definition) is 7. The average molecular weight is 447 g/mol. The lowest BCUT2D eigenvalue weighted by atomic mass is 10.2. The summed E-state index contributed by atoms with van der Waals surface area (Å²) in [5.41, 5.74) is 2.30. The van der Waals surface area contributed by atoms with Gasteiger partial charge in [0.15, 0.2) is 5.65 Å². The summed E-state index contributed by atoms with van der Waals surface area (Å²) in [5, 5.41) is 14.5. The van der Waals surface area contributed by atoms with Crippen LogP contribution in [0.5, 0.6) is 5.88 Å². The van der Waals surface area contributed by atoms with E-state index in [9.17, 15) is 9.59 Å². The zero-order chi connectivity index (χ0) is 22.9. The number of ether oxygens (including phenoxy) is 1. The van der Waals surface area contributed by atoms with E-state index in [-0.39, 0.29) is 5.69 Å². The van der Waals surface area contributed by atoms with Gasteiger partial charge in [-0.3, -0.25) is 9.88 Å². The van der Waals surface area contributed by atoms with Crippen molar-refractivity contribution in [2.24, 2.45) is 5.92 Å². The number of nitrogens with one attached hydrogen (secondary N) is 2. The fourth-order valence-electron chi connectivity index (χ4n) is 3.61. The minimum atomic E-state index is -1.18. The van der Waals surface area contributed by atoms with Crippen LogP contribution >= 0.6 is 0 Å². The molecule has 1 saturated carbocycles. The van der Waals surface area contributed by atoms with E-state index in [0.29, 0.717) is 52.5 Å². The van der Waals surface area contributed by atoms with Crippen molar-refractivity contribution in [1.29, 1.82) is 0 Å². The molecule has 0 aliphatic heterocycles. The van der Waals surface area contributed by atoms with Crippen LogP contribution in [-0.2, 0) is 6.54 Å². The topological polar surface area (TPSA) is 136 Å². The molecular weight excluding hydrogens is 426 g/mol. The van der Waals surface area contributed by atoms with Crippen LogP contribution in [0.1, 0.15) is 12.8 Å². The van der Waals surface area contributed by atoms with E-state index in [4.69, 9.17) is 9.84 Å². The number of fused-ring (bicyclic) bond motifs is 1. The van der Waals surface area contributed by atoms with Gasteiger partial charge in [-0.1, -0.05) is 6.07 Å². The van der Waals surface area contributed by atoms with Crippen molar-refractivity contribution < 1.29 is 14.6 Å². The zero-order valence-electron chi connectivity index (χ0n) is 17.7. The lowest BCUT2D eigenvalue weighted by Gasteiger charge is -2.08. The van der Waals surface area contributed by atoms with Gasteiger partial charge in [-0.05, 0) is 43.0 Å². The molecule has 5 rings (SSSR count). The number of anilines is 3. The Morgan fingerprint density at radius 3 is 2.73 bits per heavy atom. The van der Waals surface area contributed by atoms with E-state index in [1.807, 2.05) is 0 Å². The number of amides is 1. The minimum Gasteiger partial charge on any atom is -0.481 e. The molecule has 33 heavy (non-hydrogen) atoms. The molecule has 1 aromatic carbocycles. The first kappa shape index (κ1) is 20.5. The number of imidazole rings is 1. The van der Waals surface area contributed by atoms with Crippen LogP contribution in [0.15, 0.2) is 53.6 Å². The summed E-state index contributed by atoms with van der Waals surface area (Å²) >= 11 is 0. The first-order chi connectivity index (χ1) is 16.0. The SMILES string of the molecule is COc1ccc(Nc2ncc3c(n2)n(-c2cccc(NC(=O)O)c2)c(=O)n3CC2CC2)cn1. The number of hydrogen-bond donors (Lipinski definition) is 3. The quantitative estimate of drug-likeness (QED) is 0.393. The summed E-state index contributed by atoms with van der Waals surface area (Å²) in [6, 6.07) is 10.1. The molecule has 11 nitrogen and oxygen atoms in total. The third-order valence-electron chi connectivity index (χ3n) is 5.37. The van der Waals surface area contributed by atoms with Crippen molar-refractivity contribution in [1.82, 2.24) is 24.1 Å². The predicted molar refractivity (Wildman–Crippen MR) is 122 cm³/mol. The molecule has 1 amide bonds. The molecule has 1 fully saturated rings. The van der Waals surface area contributed by atoms with E-state index in [0.717, 1.165) is 12.8 Å². The van der Waals surface area contributed by atoms with Gasteiger partial charge < -0.3 is 15.2 Å². The smallest absolute Gasteiger partial charge is 0.409 e. The maximum atomic E-state index is 13.4. The Morgan fingerprint density at radius 1 is 1.18 bits per heavy atom. The minimum absolute atomic E-state index is 0.248. The van der Waals surface area contributed by atoms with Gasteiger partial charge in [0.1, 0.15) is 5.52 Å². The standard InChI is InChI=1S/C22H21N7O4/c1-33-18-8-7-15(10-23-18)25-20-24-11-17-19(27-20)29(22(32)28(17)12-13-5-6-13)16-4-2-3-14(9-16)26-21(30)31/h2-4,7-11,13,26H,5-6,12H2,1H3,(H,30,31)(H,24,25,27). The summed E-state index contributed by atoms with van der Waals surface area (Å²) in [5.74, 6) is 1.24. The lowest BCUT2D eigenvalue weighted by Crippen LogP contribution is -2.24. The number of benzene rings is 1. The summed E-state index contributed by atoms with van der Waals surface area (Å²) in [7, 11) is 1.54. The van der Waals surface area contributed by atoms with Gasteiger partial charge in [0.2, 0.25) is 11.8 Å². The maximum Gasteiger partial charge on any atom is 0.409 e. The van der Waals surface area contributed by atoms with Crippen molar-refractivity contribution in [3.63, 3.8) is 0 Å². The first-order valence-corrected chi connectivity index (χ1v) is 10.4. The third-order valence-corrected chi connectivity index (χ3v) is 5.37. The summed E-state index contributed by atoms with van der Waals surface area (Å²) in [6.45, 7) is 0.591. The van der Waals surface area contributed by atoms with Crippen LogP contribution < -0.4 is 21.1 Å². The molecule has 168 valence electrons. The van der Waals surface area contributed by atoms with Gasteiger partial charge in [0.05, 0.1) is 30.9 Å². The normalized spacial score (nSPS) is 13.1. The zero-order valence-corrected chi connectivity index (χ0v) is 17.7. The lowest BCUT2D eigenvalue weighted by molar-refractivity contribution is 0.210. The molecule has 4 aromatic rings. The Bertz CT molecular complexity index is 1390. The second-order valence-electron chi connectivity index (χ2n) is 7.77. The molecule has 11 heteroatoms. The van der Waals surface area contributed by atoms with Crippen LogP contribution in [0, 0.1) is 5.92 Å². The van der Waals surface area contributed by atoms with Gasteiger partial charge >= 0.3 is 11.8 Å². The fourth-order valence-corrected chi connectivity index (χ4v) is 3.61. The Morgan fingerprint density at radius 2 is 2.03 bits per heavy atom. The summed E-state index contributed by atoms with van der Waals surface area (Å²) in [6.07, 6.45) is 4.21. The highest BCUT2D eigenvalue weighted by atomic mass is 16.5. The number of nitrogens with zero attached hydrogens (tertiary/aromatic N) is 5. The summed E-state index contributed by atoms with van der Waals surface area (Å²) in [4.78, 5) is 37.6. The number of methoxy groups -OCH3 is 1. The average Bonchev–Trinajstić information content (AvgIpc) is 3.58. The predicted octanol–water partition coefficient (Wildman–Crippen LogP) is 3.23. The van der Waals surface area contributed by atoms with Crippen molar-refractivity contribution in [2.75, 3.05) is 17.7 Å². The Hall–Kier alpha value is -4.41. The molecule has 3 N–H and O–H groups in total. The molecule has 1 aliphatic carbocycles. The second-order valence-corrected chi connectivity index (χ2v) is 7.77. The molecular formula is C22H21N7O4. The number of pyridine rings is 1. The molecule has 0 bridgehead atoms. The Labute approximate surface area is 187 Å². The summed E-state index contributed by atoms with van der Waals surface area (Å²) < 4.78 is 8.23. The number of rotatable bonds is 7. The highest BCUT2D eigenvalue weighted by Gasteiger charge is 2.26. The van der Waals surface area contributed by atoms with E-state index in [1.165, 1.54) is 4.57 Å². The van der Waals surface area contributed by atoms with Crippen LogP contribution in [0.2, 0.25) is 0 Å². The van der Waals surface area contributed by atoms with Crippen molar-refractivity contribution in [3.05, 3.63) is 59.3 Å². The second kappa shape index (κ2) is 8.26. The van der Waals surface area contributed by atoms with Crippen molar-refractivity contribution >= 4 is 34.6 Å². The van der Waals surface area contributed by atoms with Gasteiger partial charge in [-0.15, -0.1) is 0 Å². The van der Waals surface area contributed by atoms with Crippen LogP contribution in [0.3, 0.4) is 0 Å². The maximum absolute atomic E-state index is 13.4. The highest BCUT2D eigenvalue weighted by molar-refractivity contribution is 5.83. The molecule has 0 saturated heterocycles. The molecule has 1 aliphatic rings. The highest BCUT2D eigenvalue weighted by Crippen LogP contribution is 2.31. The molecule has 0 atom stereocenters. The first-order valence-electron chi connectivity index (χ1n) is 10.4. The van der Waals surface area contributed by atoms with E-state index < -0.39 is 6.09 Å². The van der Waals surface area contributed by atoms with Crippen molar-refractivity contribution in [3.8, 4) is 11.6 Å². The van der Waals surface area contributed by atoms with Crippen LogP contribution in [0.25, 0.3) is 16.9 Å². The Balaban J connectivity index is 1.60. The van der Waals surface area contributed by atoms with E-state index >= 15 is 0 Å².